The molecule has 1 saturated heterocycles. The minimum atomic E-state index is -1.27. The molecule has 1 aromatic carbocycles. The number of aliphatic hydroxyl groups is 1. The molecule has 30 heavy (non-hydrogen) atoms. The van der Waals surface area contributed by atoms with E-state index in [-0.39, 0.29) is 19.1 Å². The first-order chi connectivity index (χ1) is 14.3. The molecule has 0 unspecified atom stereocenters. The van der Waals surface area contributed by atoms with E-state index in [2.05, 4.69) is 4.90 Å². The Bertz CT molecular complexity index is 949. The van der Waals surface area contributed by atoms with Crippen LogP contribution >= 0.6 is 0 Å². The fraction of sp³-hybridized carbons (Fsp3) is 0.524. The van der Waals surface area contributed by atoms with E-state index in [0.29, 0.717) is 29.5 Å². The molecule has 9 nitrogen and oxygen atoms in total. The Morgan fingerprint density at radius 2 is 2.13 bits per heavy atom. The van der Waals surface area contributed by atoms with E-state index in [1.165, 1.54) is 0 Å². The molecular formula is C21H25N3O6. The molecule has 0 saturated carbocycles. The standard InChI is InChI=1S/C21H25N3O6/c1-22-9-7-21-6-4-13(25)10-16(21)30-18-14(3-2-12(11-22)17(18)21)24(20(27)28)15-5-8-23(29)19(15)26/h2-4,6,13,15-16,25,29H,5,7-11H2,1H3,(H,27,28)/t13-,15-,16-,21-/m0/s1. The molecule has 2 amide bonds. The van der Waals surface area contributed by atoms with E-state index in [1.54, 1.807) is 12.1 Å². The molecule has 9 heteroatoms. The predicted molar refractivity (Wildman–Crippen MR) is 106 cm³/mol. The molecular weight excluding hydrogens is 390 g/mol. The number of benzene rings is 1. The van der Waals surface area contributed by atoms with Gasteiger partial charge in [-0.05, 0) is 38.1 Å². The summed E-state index contributed by atoms with van der Waals surface area (Å²) in [5.41, 5.74) is 1.90. The first kappa shape index (κ1) is 19.3. The van der Waals surface area contributed by atoms with E-state index in [4.69, 9.17) is 4.74 Å². The zero-order chi connectivity index (χ0) is 21.2. The number of carboxylic acid groups (broad SMARTS) is 1. The molecule has 160 valence electrons. The van der Waals surface area contributed by atoms with Crippen LogP contribution in [0.5, 0.6) is 5.75 Å². The highest BCUT2D eigenvalue weighted by Crippen LogP contribution is 2.56. The van der Waals surface area contributed by atoms with Gasteiger partial charge >= 0.3 is 6.09 Å². The summed E-state index contributed by atoms with van der Waals surface area (Å²) >= 11 is 0. The van der Waals surface area contributed by atoms with Crippen LogP contribution in [0.2, 0.25) is 0 Å². The topological polar surface area (TPSA) is 114 Å². The van der Waals surface area contributed by atoms with Crippen LogP contribution in [0.25, 0.3) is 0 Å². The minimum Gasteiger partial charge on any atom is -0.487 e. The Balaban J connectivity index is 1.68. The first-order valence-corrected chi connectivity index (χ1v) is 10.2. The van der Waals surface area contributed by atoms with Gasteiger partial charge in [0.2, 0.25) is 0 Å². The minimum absolute atomic E-state index is 0.0840. The van der Waals surface area contributed by atoms with Gasteiger partial charge in [0.05, 0.1) is 23.8 Å². The number of hydroxylamine groups is 2. The van der Waals surface area contributed by atoms with Gasteiger partial charge in [-0.3, -0.25) is 14.9 Å². The lowest BCUT2D eigenvalue weighted by molar-refractivity contribution is -0.158. The number of ether oxygens (including phenoxy) is 1. The Kier molecular flexibility index (Phi) is 4.32. The van der Waals surface area contributed by atoms with Gasteiger partial charge < -0.3 is 19.8 Å². The molecule has 3 N–H and O–H groups in total. The van der Waals surface area contributed by atoms with Crippen molar-refractivity contribution in [3.05, 3.63) is 35.4 Å². The summed E-state index contributed by atoms with van der Waals surface area (Å²) in [7, 11) is 2.05. The number of hydrogen-bond acceptors (Lipinski definition) is 6. The fourth-order valence-corrected chi connectivity index (χ4v) is 5.41. The second-order valence-corrected chi connectivity index (χ2v) is 8.66. The monoisotopic (exact) mass is 415 g/mol. The molecule has 0 aromatic heterocycles. The molecule has 1 fully saturated rings. The zero-order valence-corrected chi connectivity index (χ0v) is 16.7. The van der Waals surface area contributed by atoms with Crippen molar-refractivity contribution in [3.8, 4) is 5.75 Å². The lowest BCUT2D eigenvalue weighted by Gasteiger charge is -2.35. The largest absolute Gasteiger partial charge is 0.487 e. The molecule has 1 aromatic rings. The van der Waals surface area contributed by atoms with Gasteiger partial charge in [0, 0.05) is 18.5 Å². The van der Waals surface area contributed by atoms with Crippen LogP contribution in [0.3, 0.4) is 0 Å². The van der Waals surface area contributed by atoms with Gasteiger partial charge in [-0.15, -0.1) is 0 Å². The molecule has 3 aliphatic heterocycles. The lowest BCUT2D eigenvalue weighted by atomic mass is 9.69. The highest BCUT2D eigenvalue weighted by molar-refractivity contribution is 5.99. The van der Waals surface area contributed by atoms with Crippen LogP contribution in [0, 0.1) is 0 Å². The SMILES string of the molecule is CN1CC[C@@]23C=C[C@H](O)C[C@@H]2Oc2c(N(C(=O)O)[C@H]4CCN(O)C4=O)ccc(c23)C1. The summed E-state index contributed by atoms with van der Waals surface area (Å²) in [5.74, 6) is -0.169. The Morgan fingerprint density at radius 3 is 2.83 bits per heavy atom. The highest BCUT2D eigenvalue weighted by Gasteiger charge is 2.53. The third-order valence-electron chi connectivity index (χ3n) is 6.87. The molecule has 0 radical (unpaired) electrons. The van der Waals surface area contributed by atoms with Crippen LogP contribution < -0.4 is 9.64 Å². The van der Waals surface area contributed by atoms with Gasteiger partial charge in [0.25, 0.3) is 5.91 Å². The molecule has 1 spiro atoms. The Labute approximate surface area is 173 Å². The van der Waals surface area contributed by atoms with E-state index in [9.17, 15) is 25.0 Å². The third kappa shape index (κ3) is 2.65. The van der Waals surface area contributed by atoms with Crippen molar-refractivity contribution in [2.45, 2.75) is 49.5 Å². The average Bonchev–Trinajstić information content (AvgIpc) is 3.15. The Hall–Kier alpha value is -2.62. The predicted octanol–water partition coefficient (Wildman–Crippen LogP) is 1.32. The van der Waals surface area contributed by atoms with Crippen LogP contribution in [0.1, 0.15) is 30.4 Å². The maximum absolute atomic E-state index is 12.4. The summed E-state index contributed by atoms with van der Waals surface area (Å²) in [6.07, 6.45) is 3.05. The number of amides is 2. The quantitative estimate of drug-likeness (QED) is 0.493. The molecule has 1 aliphatic carbocycles. The number of aliphatic hydroxyl groups excluding tert-OH is 1. The van der Waals surface area contributed by atoms with E-state index < -0.39 is 29.6 Å². The second kappa shape index (κ2) is 6.69. The number of carbonyl (C=O) groups is 2. The normalized spacial score (nSPS) is 32.4. The third-order valence-corrected chi connectivity index (χ3v) is 6.87. The van der Waals surface area contributed by atoms with Crippen LogP contribution in [0.4, 0.5) is 10.5 Å². The number of nitrogens with zero attached hydrogens (tertiary/aromatic N) is 3. The summed E-state index contributed by atoms with van der Waals surface area (Å²) in [6.45, 7) is 1.63. The molecule has 3 heterocycles. The number of hydrogen-bond donors (Lipinski definition) is 3. The van der Waals surface area contributed by atoms with E-state index >= 15 is 0 Å². The van der Waals surface area contributed by atoms with Gasteiger partial charge in [-0.25, -0.2) is 9.86 Å². The van der Waals surface area contributed by atoms with Crippen molar-refractivity contribution in [1.82, 2.24) is 9.96 Å². The van der Waals surface area contributed by atoms with Crippen molar-refractivity contribution >= 4 is 17.7 Å². The van der Waals surface area contributed by atoms with Gasteiger partial charge in [0.15, 0.2) is 0 Å². The molecule has 5 rings (SSSR count). The summed E-state index contributed by atoms with van der Waals surface area (Å²) in [6, 6.07) is 2.60. The summed E-state index contributed by atoms with van der Waals surface area (Å²) in [4.78, 5) is 27.9. The molecule has 4 atom stereocenters. The number of carbonyl (C=O) groups excluding carboxylic acids is 1. The Morgan fingerprint density at radius 1 is 1.33 bits per heavy atom. The van der Waals surface area contributed by atoms with Crippen molar-refractivity contribution in [3.63, 3.8) is 0 Å². The van der Waals surface area contributed by atoms with Crippen LogP contribution in [-0.4, -0.2) is 75.8 Å². The van der Waals surface area contributed by atoms with E-state index in [1.807, 2.05) is 19.2 Å². The van der Waals surface area contributed by atoms with Crippen molar-refractivity contribution in [2.24, 2.45) is 0 Å². The summed E-state index contributed by atoms with van der Waals surface area (Å²) in [5, 5.41) is 30.5. The van der Waals surface area contributed by atoms with Crippen molar-refractivity contribution < 1.29 is 29.7 Å². The number of rotatable bonds is 2. The number of anilines is 1. The van der Waals surface area contributed by atoms with Gasteiger partial charge in [0.1, 0.15) is 17.9 Å². The lowest BCUT2D eigenvalue weighted by Crippen LogP contribution is -2.44. The van der Waals surface area contributed by atoms with Gasteiger partial charge in [-0.1, -0.05) is 18.2 Å². The zero-order valence-electron chi connectivity index (χ0n) is 16.7. The summed E-state index contributed by atoms with van der Waals surface area (Å²) < 4.78 is 6.35. The first-order valence-electron chi connectivity index (χ1n) is 10.2. The maximum Gasteiger partial charge on any atom is 0.412 e. The van der Waals surface area contributed by atoms with Crippen molar-refractivity contribution in [2.75, 3.05) is 25.0 Å². The maximum atomic E-state index is 12.4. The van der Waals surface area contributed by atoms with E-state index in [0.717, 1.165) is 29.0 Å². The van der Waals surface area contributed by atoms with Gasteiger partial charge in [-0.2, -0.15) is 0 Å². The highest BCUT2D eigenvalue weighted by atomic mass is 16.5. The average molecular weight is 415 g/mol. The smallest absolute Gasteiger partial charge is 0.412 e. The van der Waals surface area contributed by atoms with Crippen LogP contribution in [-0.2, 0) is 16.8 Å². The van der Waals surface area contributed by atoms with Crippen LogP contribution in [0.15, 0.2) is 24.3 Å². The second-order valence-electron chi connectivity index (χ2n) is 8.66. The van der Waals surface area contributed by atoms with Crippen molar-refractivity contribution in [1.29, 1.82) is 0 Å². The molecule has 4 aliphatic rings. The fourth-order valence-electron chi connectivity index (χ4n) is 5.41. The molecule has 0 bridgehead atoms.